The number of aryl methyl sites for hydroxylation is 1. The van der Waals surface area contributed by atoms with E-state index in [1.807, 2.05) is 23.6 Å². The van der Waals surface area contributed by atoms with Crippen LogP contribution in [0.15, 0.2) is 75.5 Å². The van der Waals surface area contributed by atoms with Gasteiger partial charge in [-0.25, -0.2) is 8.42 Å². The van der Waals surface area contributed by atoms with Crippen LogP contribution in [0.5, 0.6) is 11.5 Å². The number of allylic oxidation sites excluding steroid dienone is 1. The average molecular weight is 511 g/mol. The highest BCUT2D eigenvalue weighted by Crippen LogP contribution is 2.38. The Balaban J connectivity index is 1.55. The van der Waals surface area contributed by atoms with Crippen molar-refractivity contribution in [3.8, 4) is 21.9 Å². The number of ether oxygens (including phenoxy) is 2. The average Bonchev–Trinajstić information content (AvgIpc) is 3.53. The molecule has 0 unspecified atom stereocenters. The molecule has 35 heavy (non-hydrogen) atoms. The van der Waals surface area contributed by atoms with Crippen LogP contribution in [0.3, 0.4) is 0 Å². The summed E-state index contributed by atoms with van der Waals surface area (Å²) < 4.78 is 43.3. The van der Waals surface area contributed by atoms with Crippen LogP contribution in [0.4, 0.5) is 5.82 Å². The first-order valence-electron chi connectivity index (χ1n) is 10.4. The zero-order valence-electron chi connectivity index (χ0n) is 19.1. The van der Waals surface area contributed by atoms with Gasteiger partial charge in [-0.15, -0.1) is 11.3 Å². The predicted molar refractivity (Wildman–Crippen MR) is 135 cm³/mol. The van der Waals surface area contributed by atoms with Gasteiger partial charge in [0, 0.05) is 33.7 Å². The minimum atomic E-state index is -3.87. The molecule has 4 rings (SSSR count). The molecule has 0 aliphatic rings. The van der Waals surface area contributed by atoms with Crippen LogP contribution in [0, 0.1) is 6.92 Å². The van der Waals surface area contributed by atoms with E-state index in [0.29, 0.717) is 28.4 Å². The molecule has 10 heteroatoms. The van der Waals surface area contributed by atoms with Crippen molar-refractivity contribution in [2.24, 2.45) is 0 Å². The van der Waals surface area contributed by atoms with Gasteiger partial charge in [0.2, 0.25) is 0 Å². The third-order valence-electron chi connectivity index (χ3n) is 5.07. The first-order valence-corrected chi connectivity index (χ1v) is 12.8. The van der Waals surface area contributed by atoms with Crippen molar-refractivity contribution in [1.29, 1.82) is 0 Å². The second-order valence-corrected chi connectivity index (χ2v) is 10.1. The lowest BCUT2D eigenvalue weighted by atomic mass is 10.0. The Hall–Kier alpha value is -3.89. The molecule has 0 bridgehead atoms. The Kier molecular flexibility index (Phi) is 7.04. The highest BCUT2D eigenvalue weighted by atomic mass is 32.2. The number of hydrogen-bond acceptors (Lipinski definition) is 8. The summed E-state index contributed by atoms with van der Waals surface area (Å²) in [7, 11) is -0.727. The quantitative estimate of drug-likeness (QED) is 0.236. The van der Waals surface area contributed by atoms with E-state index in [-0.39, 0.29) is 16.5 Å². The first kappa shape index (κ1) is 24.2. The van der Waals surface area contributed by atoms with Crippen molar-refractivity contribution in [3.05, 3.63) is 82.9 Å². The smallest absolute Gasteiger partial charge is 0.263 e. The van der Waals surface area contributed by atoms with Gasteiger partial charge in [-0.2, -0.15) is 0 Å². The molecule has 0 spiro atoms. The molecule has 2 aromatic heterocycles. The van der Waals surface area contributed by atoms with Crippen molar-refractivity contribution in [2.75, 3.05) is 18.9 Å². The molecule has 0 fully saturated rings. The van der Waals surface area contributed by atoms with Gasteiger partial charge < -0.3 is 14.0 Å². The van der Waals surface area contributed by atoms with Crippen LogP contribution >= 0.6 is 11.3 Å². The van der Waals surface area contributed by atoms with Gasteiger partial charge in [0.15, 0.2) is 11.6 Å². The fraction of sp³-hybridized carbons (Fsp3) is 0.120. The third-order valence-corrected chi connectivity index (χ3v) is 7.34. The van der Waals surface area contributed by atoms with Crippen molar-refractivity contribution < 1.29 is 27.2 Å². The molecule has 4 aromatic rings. The van der Waals surface area contributed by atoms with Crippen molar-refractivity contribution in [2.45, 2.75) is 11.8 Å². The number of rotatable bonds is 9. The topological polar surface area (TPSA) is 108 Å². The number of thiophene rings is 1. The zero-order valence-corrected chi connectivity index (χ0v) is 20.8. The SMILES string of the molecule is COc1cc(OC)c(-c2cccs2)cc1C=CC(=O)c1ccc(S(=O)(=O)Nc2cc(C)on2)cc1. The number of carbonyl (C=O) groups excluding carboxylic acids is 1. The number of benzene rings is 2. The van der Waals surface area contributed by atoms with Crippen molar-refractivity contribution in [1.82, 2.24) is 5.16 Å². The molecular weight excluding hydrogens is 488 g/mol. The van der Waals surface area contributed by atoms with E-state index >= 15 is 0 Å². The summed E-state index contributed by atoms with van der Waals surface area (Å²) in [6, 6.07) is 14.7. The second-order valence-electron chi connectivity index (χ2n) is 7.42. The molecule has 0 saturated heterocycles. The van der Waals surface area contributed by atoms with Gasteiger partial charge in [0.1, 0.15) is 17.3 Å². The number of anilines is 1. The molecule has 2 heterocycles. The van der Waals surface area contributed by atoms with Gasteiger partial charge in [0.05, 0.1) is 19.1 Å². The largest absolute Gasteiger partial charge is 0.496 e. The first-order chi connectivity index (χ1) is 16.8. The molecule has 0 radical (unpaired) electrons. The Morgan fingerprint density at radius 2 is 1.80 bits per heavy atom. The molecular formula is C25H22N2O6S2. The highest BCUT2D eigenvalue weighted by molar-refractivity contribution is 7.92. The van der Waals surface area contributed by atoms with E-state index < -0.39 is 10.0 Å². The van der Waals surface area contributed by atoms with Gasteiger partial charge in [-0.05, 0) is 60.9 Å². The number of hydrogen-bond donors (Lipinski definition) is 1. The molecule has 180 valence electrons. The fourth-order valence-electron chi connectivity index (χ4n) is 3.35. The molecule has 0 aliphatic heterocycles. The van der Waals surface area contributed by atoms with Gasteiger partial charge in [-0.1, -0.05) is 11.2 Å². The van der Waals surface area contributed by atoms with Crippen molar-refractivity contribution in [3.63, 3.8) is 0 Å². The summed E-state index contributed by atoms with van der Waals surface area (Å²) in [6.07, 6.45) is 3.08. The Morgan fingerprint density at radius 1 is 1.06 bits per heavy atom. The summed E-state index contributed by atoms with van der Waals surface area (Å²) in [5.41, 5.74) is 1.93. The summed E-state index contributed by atoms with van der Waals surface area (Å²) >= 11 is 1.58. The number of nitrogens with zero attached hydrogens (tertiary/aromatic N) is 1. The van der Waals surface area contributed by atoms with E-state index in [0.717, 1.165) is 10.4 Å². The second kappa shape index (κ2) is 10.2. The molecule has 8 nitrogen and oxygen atoms in total. The molecule has 2 aromatic carbocycles. The van der Waals surface area contributed by atoms with Crippen LogP contribution in [0.2, 0.25) is 0 Å². The maximum absolute atomic E-state index is 12.8. The number of ketones is 1. The predicted octanol–water partition coefficient (Wildman–Crippen LogP) is 5.43. The molecule has 0 atom stereocenters. The lowest BCUT2D eigenvalue weighted by molar-refractivity contribution is 0.104. The monoisotopic (exact) mass is 510 g/mol. The van der Waals surface area contributed by atoms with Crippen LogP contribution in [0.25, 0.3) is 16.5 Å². The molecule has 0 aliphatic carbocycles. The van der Waals surface area contributed by atoms with E-state index in [1.54, 1.807) is 44.6 Å². The van der Waals surface area contributed by atoms with Gasteiger partial charge >= 0.3 is 0 Å². The van der Waals surface area contributed by atoms with Crippen LogP contribution in [-0.4, -0.2) is 33.6 Å². The van der Waals surface area contributed by atoms with Crippen molar-refractivity contribution >= 4 is 39.0 Å². The van der Waals surface area contributed by atoms with Crippen LogP contribution in [-0.2, 0) is 10.0 Å². The minimum absolute atomic E-state index is 0.00361. The van der Waals surface area contributed by atoms with Gasteiger partial charge in [0.25, 0.3) is 10.0 Å². The number of aromatic nitrogens is 1. The number of nitrogens with one attached hydrogen (secondary N) is 1. The van der Waals surface area contributed by atoms with E-state index in [1.165, 1.54) is 36.4 Å². The summed E-state index contributed by atoms with van der Waals surface area (Å²) in [5.74, 6) is 1.50. The zero-order chi connectivity index (χ0) is 25.0. The summed E-state index contributed by atoms with van der Waals surface area (Å²) in [5, 5.41) is 5.60. The summed E-state index contributed by atoms with van der Waals surface area (Å²) in [6.45, 7) is 1.66. The van der Waals surface area contributed by atoms with Gasteiger partial charge in [-0.3, -0.25) is 9.52 Å². The maximum Gasteiger partial charge on any atom is 0.263 e. The normalized spacial score (nSPS) is 11.5. The number of carbonyl (C=O) groups is 1. The minimum Gasteiger partial charge on any atom is -0.496 e. The number of sulfonamides is 1. The van der Waals surface area contributed by atoms with E-state index in [2.05, 4.69) is 9.88 Å². The van der Waals surface area contributed by atoms with E-state index in [4.69, 9.17) is 14.0 Å². The Bertz CT molecular complexity index is 1470. The lowest BCUT2D eigenvalue weighted by Crippen LogP contribution is -2.13. The Labute approximate surface area is 206 Å². The van der Waals surface area contributed by atoms with Crippen LogP contribution < -0.4 is 14.2 Å². The highest BCUT2D eigenvalue weighted by Gasteiger charge is 2.17. The summed E-state index contributed by atoms with van der Waals surface area (Å²) in [4.78, 5) is 13.8. The van der Waals surface area contributed by atoms with E-state index in [9.17, 15) is 13.2 Å². The molecule has 1 N–H and O–H groups in total. The lowest BCUT2D eigenvalue weighted by Gasteiger charge is -2.12. The fourth-order valence-corrected chi connectivity index (χ4v) is 5.08. The number of methoxy groups -OCH3 is 2. The molecule has 0 amide bonds. The van der Waals surface area contributed by atoms with Crippen LogP contribution in [0.1, 0.15) is 21.7 Å². The Morgan fingerprint density at radius 3 is 2.40 bits per heavy atom. The molecule has 0 saturated carbocycles. The third kappa shape index (κ3) is 5.44. The maximum atomic E-state index is 12.8. The standard InChI is InChI=1S/C25H22N2O6S2/c1-16-13-25(26-33-16)27-35(29,30)19-9-6-17(7-10-19)21(28)11-8-18-14-20(24-5-4-12-34-24)23(32-3)15-22(18)31-2/h4-15H,1-3H3,(H,26,27).